The first-order chi connectivity index (χ1) is 5.45. The van der Waals surface area contributed by atoms with E-state index < -0.39 is 8.32 Å². The van der Waals surface area contributed by atoms with Gasteiger partial charge in [0.25, 0.3) is 0 Å². The molecule has 0 aliphatic rings. The molecule has 0 aliphatic heterocycles. The van der Waals surface area contributed by atoms with Crippen LogP contribution in [0.2, 0.25) is 19.6 Å². The van der Waals surface area contributed by atoms with Crippen LogP contribution in [0.15, 0.2) is 11.8 Å². The maximum atomic E-state index is 8.30. The van der Waals surface area contributed by atoms with E-state index in [4.69, 9.17) is 9.69 Å². The summed E-state index contributed by atoms with van der Waals surface area (Å²) in [6.07, 6.45) is 3.36. The Kier molecular flexibility index (Phi) is 4.68. The number of unbranched alkanes of at least 4 members (excludes halogenated alkanes) is 1. The number of nitriles is 1. The molecular formula is C9H17NOSi. The van der Waals surface area contributed by atoms with Crippen LogP contribution in [0.5, 0.6) is 0 Å². The van der Waals surface area contributed by atoms with Crippen LogP contribution < -0.4 is 0 Å². The van der Waals surface area contributed by atoms with Crippen molar-refractivity contribution in [3.05, 3.63) is 11.8 Å². The summed E-state index contributed by atoms with van der Waals surface area (Å²) in [4.78, 5) is 0. The Labute approximate surface area is 76.0 Å². The highest BCUT2D eigenvalue weighted by molar-refractivity contribution is 6.70. The van der Waals surface area contributed by atoms with E-state index in [9.17, 15) is 0 Å². The van der Waals surface area contributed by atoms with Gasteiger partial charge in [0.05, 0.1) is 11.8 Å². The van der Waals surface area contributed by atoms with Gasteiger partial charge in [-0.15, -0.1) is 0 Å². The Morgan fingerprint density at radius 2 is 2.08 bits per heavy atom. The molecule has 2 nitrogen and oxygen atoms in total. The highest BCUT2D eigenvalue weighted by Crippen LogP contribution is 2.10. The first kappa shape index (κ1) is 11.2. The topological polar surface area (TPSA) is 33.0 Å². The summed E-state index contributed by atoms with van der Waals surface area (Å²) in [5.41, 5.74) is 0. The number of nitrogens with zero attached hydrogens (tertiary/aromatic N) is 1. The molecule has 0 aromatic rings. The smallest absolute Gasteiger partial charge is 0.241 e. The molecule has 12 heavy (non-hydrogen) atoms. The highest BCUT2D eigenvalue weighted by atomic mass is 28.4. The van der Waals surface area contributed by atoms with E-state index in [1.165, 1.54) is 0 Å². The van der Waals surface area contributed by atoms with Crippen molar-refractivity contribution in [2.45, 2.75) is 39.4 Å². The van der Waals surface area contributed by atoms with E-state index in [0.29, 0.717) is 6.42 Å². The number of hydrogen-bond acceptors (Lipinski definition) is 2. The van der Waals surface area contributed by atoms with Gasteiger partial charge in [0.1, 0.15) is 0 Å². The van der Waals surface area contributed by atoms with Gasteiger partial charge < -0.3 is 4.43 Å². The van der Waals surface area contributed by atoms with E-state index in [0.717, 1.165) is 12.2 Å². The fraction of sp³-hybridized carbons (Fsp3) is 0.667. The second-order valence-corrected chi connectivity index (χ2v) is 8.15. The lowest BCUT2D eigenvalue weighted by Crippen LogP contribution is -2.24. The monoisotopic (exact) mass is 183 g/mol. The number of hydrogen-bond donors (Lipinski definition) is 0. The summed E-state index contributed by atoms with van der Waals surface area (Å²) in [7, 11) is -1.43. The zero-order valence-corrected chi connectivity index (χ0v) is 9.35. The van der Waals surface area contributed by atoms with Crippen LogP contribution in [0.3, 0.4) is 0 Å². The summed E-state index contributed by atoms with van der Waals surface area (Å²) in [5, 5.41) is 8.30. The van der Waals surface area contributed by atoms with E-state index in [-0.39, 0.29) is 0 Å². The Bertz CT molecular complexity index is 198. The molecule has 0 fully saturated rings. The van der Waals surface area contributed by atoms with Crippen LogP contribution in [0.25, 0.3) is 0 Å². The van der Waals surface area contributed by atoms with Gasteiger partial charge in [0.2, 0.25) is 8.32 Å². The third-order valence-corrected chi connectivity index (χ3v) is 2.09. The summed E-state index contributed by atoms with van der Waals surface area (Å²) in [6, 6.07) is 2.10. The molecule has 68 valence electrons. The van der Waals surface area contributed by atoms with Crippen LogP contribution in [-0.4, -0.2) is 8.32 Å². The SMILES string of the molecule is C/C(=C/CCC#N)O[Si](C)(C)C. The van der Waals surface area contributed by atoms with Gasteiger partial charge in [-0.05, 0) is 39.1 Å². The van der Waals surface area contributed by atoms with Crippen molar-refractivity contribution in [3.63, 3.8) is 0 Å². The maximum Gasteiger partial charge on any atom is 0.241 e. The predicted molar refractivity (Wildman–Crippen MR) is 53.0 cm³/mol. The molecule has 0 bridgehead atoms. The minimum absolute atomic E-state index is 0.576. The summed E-state index contributed by atoms with van der Waals surface area (Å²) < 4.78 is 5.67. The molecule has 0 aromatic carbocycles. The maximum absolute atomic E-state index is 8.30. The quantitative estimate of drug-likeness (QED) is 0.381. The van der Waals surface area contributed by atoms with Crippen molar-refractivity contribution in [1.82, 2.24) is 0 Å². The molecule has 0 spiro atoms. The molecule has 0 radical (unpaired) electrons. The van der Waals surface area contributed by atoms with Gasteiger partial charge in [-0.3, -0.25) is 0 Å². The summed E-state index contributed by atoms with van der Waals surface area (Å²) in [5.74, 6) is 0.962. The molecular weight excluding hydrogens is 166 g/mol. The minimum Gasteiger partial charge on any atom is -0.548 e. The number of allylic oxidation sites excluding steroid dienone is 2. The molecule has 0 unspecified atom stereocenters. The average molecular weight is 183 g/mol. The molecule has 0 amide bonds. The Morgan fingerprint density at radius 1 is 1.50 bits per heavy atom. The highest BCUT2D eigenvalue weighted by Gasteiger charge is 2.15. The molecule has 3 heteroatoms. The minimum atomic E-state index is -1.43. The zero-order valence-electron chi connectivity index (χ0n) is 8.35. The van der Waals surface area contributed by atoms with E-state index in [1.54, 1.807) is 0 Å². The van der Waals surface area contributed by atoms with Crippen molar-refractivity contribution in [2.24, 2.45) is 0 Å². The molecule has 0 saturated heterocycles. The van der Waals surface area contributed by atoms with Gasteiger partial charge in [0.15, 0.2) is 0 Å². The van der Waals surface area contributed by atoms with Crippen molar-refractivity contribution in [3.8, 4) is 6.07 Å². The van der Waals surface area contributed by atoms with E-state index >= 15 is 0 Å². The fourth-order valence-corrected chi connectivity index (χ4v) is 1.91. The van der Waals surface area contributed by atoms with Gasteiger partial charge in [-0.2, -0.15) is 5.26 Å². The fourth-order valence-electron chi connectivity index (χ4n) is 0.865. The second kappa shape index (κ2) is 4.99. The third-order valence-electron chi connectivity index (χ3n) is 1.16. The Morgan fingerprint density at radius 3 is 2.50 bits per heavy atom. The average Bonchev–Trinajstić information content (AvgIpc) is 1.84. The largest absolute Gasteiger partial charge is 0.548 e. The van der Waals surface area contributed by atoms with Gasteiger partial charge in [-0.25, -0.2) is 0 Å². The van der Waals surface area contributed by atoms with Crippen LogP contribution in [0.4, 0.5) is 0 Å². The summed E-state index contributed by atoms with van der Waals surface area (Å²) >= 11 is 0. The van der Waals surface area contributed by atoms with Crippen molar-refractivity contribution < 1.29 is 4.43 Å². The second-order valence-electron chi connectivity index (χ2n) is 3.73. The number of rotatable bonds is 4. The van der Waals surface area contributed by atoms with Crippen molar-refractivity contribution in [1.29, 1.82) is 5.26 Å². The van der Waals surface area contributed by atoms with Crippen LogP contribution in [0, 0.1) is 11.3 Å². The molecule has 0 rings (SSSR count). The lowest BCUT2D eigenvalue weighted by Gasteiger charge is -2.19. The van der Waals surface area contributed by atoms with Gasteiger partial charge in [0, 0.05) is 6.42 Å². The van der Waals surface area contributed by atoms with Gasteiger partial charge in [-0.1, -0.05) is 0 Å². The van der Waals surface area contributed by atoms with Crippen LogP contribution in [-0.2, 0) is 4.43 Å². The van der Waals surface area contributed by atoms with Crippen LogP contribution in [0.1, 0.15) is 19.8 Å². The molecule has 0 saturated carbocycles. The normalized spacial score (nSPS) is 12.4. The zero-order chi connectivity index (χ0) is 9.61. The lowest BCUT2D eigenvalue weighted by molar-refractivity contribution is 0.421. The molecule has 0 aromatic heterocycles. The van der Waals surface area contributed by atoms with E-state index in [1.807, 2.05) is 13.0 Å². The Hall–Kier alpha value is -0.753. The lowest BCUT2D eigenvalue weighted by atomic mass is 10.3. The van der Waals surface area contributed by atoms with Crippen molar-refractivity contribution >= 4 is 8.32 Å². The first-order valence-corrected chi connectivity index (χ1v) is 7.59. The molecule has 0 aliphatic carbocycles. The molecule has 0 N–H and O–H groups in total. The predicted octanol–water partition coefficient (Wildman–Crippen LogP) is 3.05. The standard InChI is InChI=1S/C9H17NOSi/c1-9(7-5-6-8-10)11-12(2,3)4/h7H,5-6H2,1-4H3/b9-7-. The molecule has 0 heterocycles. The first-order valence-electron chi connectivity index (χ1n) is 4.18. The van der Waals surface area contributed by atoms with Gasteiger partial charge >= 0.3 is 0 Å². The Balaban J connectivity index is 3.80. The van der Waals surface area contributed by atoms with Crippen molar-refractivity contribution in [2.75, 3.05) is 0 Å². The summed E-state index contributed by atoms with van der Waals surface area (Å²) in [6.45, 7) is 8.40. The third kappa shape index (κ3) is 7.36. The van der Waals surface area contributed by atoms with Crippen LogP contribution >= 0.6 is 0 Å². The molecule has 0 atom stereocenters. The van der Waals surface area contributed by atoms with E-state index in [2.05, 4.69) is 25.7 Å².